The molecule has 1 aromatic rings. The molecule has 2 rings (SSSR count). The molecule has 1 aliphatic heterocycles. The second-order valence-corrected chi connectivity index (χ2v) is 9.50. The summed E-state index contributed by atoms with van der Waals surface area (Å²) in [6.07, 6.45) is 4.97. The quantitative estimate of drug-likeness (QED) is 0.574. The second-order valence-electron chi connectivity index (χ2n) is 9.14. The van der Waals surface area contributed by atoms with Crippen LogP contribution in [0.3, 0.4) is 0 Å². The number of nitrogens with zero attached hydrogens (tertiary/aromatic N) is 3. The summed E-state index contributed by atoms with van der Waals surface area (Å²) in [4.78, 5) is 19.4. The topological polar surface area (TPSA) is 96.8 Å². The minimum Gasteiger partial charge on any atom is -0.397 e. The van der Waals surface area contributed by atoms with Gasteiger partial charge in [0.15, 0.2) is 0 Å². The molecule has 1 saturated heterocycles. The Kier molecular flexibility index (Phi) is 9.37. The Hall–Kier alpha value is -1.86. The number of carbonyl (C=O) groups excluding carboxylic acids is 1. The molecule has 0 radical (unpaired) electrons. The van der Waals surface area contributed by atoms with E-state index in [0.29, 0.717) is 41.4 Å². The molecule has 1 fully saturated rings. The lowest BCUT2D eigenvalue weighted by Gasteiger charge is -2.34. The van der Waals surface area contributed by atoms with Crippen molar-refractivity contribution in [2.45, 2.75) is 53.4 Å². The first-order chi connectivity index (χ1) is 14.2. The number of halogens is 1. The lowest BCUT2D eigenvalue weighted by molar-refractivity contribution is -0.120. The zero-order chi connectivity index (χ0) is 22.1. The van der Waals surface area contributed by atoms with Crippen LogP contribution in [0.4, 0.5) is 0 Å². The number of piperidine rings is 1. The summed E-state index contributed by atoms with van der Waals surface area (Å²) in [7, 11) is 0. The number of rotatable bonds is 9. The number of carbonyl (C=O) groups is 1. The van der Waals surface area contributed by atoms with Crippen molar-refractivity contribution in [1.82, 2.24) is 15.4 Å². The van der Waals surface area contributed by atoms with Crippen LogP contribution in [0.1, 0.15) is 59.1 Å². The summed E-state index contributed by atoms with van der Waals surface area (Å²) in [6, 6.07) is 1.64. The Morgan fingerprint density at radius 1 is 1.47 bits per heavy atom. The number of likely N-dealkylation sites (tertiary alicyclic amines) is 1. The van der Waals surface area contributed by atoms with E-state index in [2.05, 4.69) is 41.1 Å². The van der Waals surface area contributed by atoms with Gasteiger partial charge in [-0.3, -0.25) is 9.79 Å². The van der Waals surface area contributed by atoms with Gasteiger partial charge < -0.3 is 20.5 Å². The first-order valence-electron chi connectivity index (χ1n) is 10.8. The SMILES string of the molecule is CCN=C(Cl)/C(CC(=O)NCC1CCCN(CCC(C)(C)C)C1)=C(\N)c1ccon1. The molecule has 7 nitrogen and oxygen atoms in total. The maximum absolute atomic E-state index is 12.6. The highest BCUT2D eigenvalue weighted by atomic mass is 35.5. The van der Waals surface area contributed by atoms with E-state index < -0.39 is 0 Å². The smallest absolute Gasteiger partial charge is 0.224 e. The van der Waals surface area contributed by atoms with Crippen LogP contribution in [-0.2, 0) is 4.79 Å². The van der Waals surface area contributed by atoms with Gasteiger partial charge >= 0.3 is 0 Å². The van der Waals surface area contributed by atoms with Crippen LogP contribution in [-0.4, -0.2) is 53.9 Å². The summed E-state index contributed by atoms with van der Waals surface area (Å²) in [5.74, 6) is 0.343. The Balaban J connectivity index is 1.93. The van der Waals surface area contributed by atoms with Gasteiger partial charge in [-0.2, -0.15) is 0 Å². The number of aliphatic imine (C=N–C) groups is 1. The van der Waals surface area contributed by atoms with Gasteiger partial charge in [-0.1, -0.05) is 37.5 Å². The van der Waals surface area contributed by atoms with Crippen molar-refractivity contribution in [3.05, 3.63) is 23.6 Å². The zero-order valence-electron chi connectivity index (χ0n) is 18.7. The van der Waals surface area contributed by atoms with Crippen molar-refractivity contribution in [2.75, 3.05) is 32.7 Å². The third-order valence-electron chi connectivity index (χ3n) is 5.29. The van der Waals surface area contributed by atoms with Crippen molar-refractivity contribution in [3.63, 3.8) is 0 Å². The average molecular weight is 438 g/mol. The number of hydrogen-bond donors (Lipinski definition) is 2. The molecule has 3 N–H and O–H groups in total. The van der Waals surface area contributed by atoms with Crippen LogP contribution in [0.25, 0.3) is 5.70 Å². The highest BCUT2D eigenvalue weighted by Gasteiger charge is 2.23. The monoisotopic (exact) mass is 437 g/mol. The molecular weight excluding hydrogens is 402 g/mol. The molecule has 168 valence electrons. The van der Waals surface area contributed by atoms with Crippen LogP contribution >= 0.6 is 11.6 Å². The van der Waals surface area contributed by atoms with E-state index in [1.54, 1.807) is 6.07 Å². The first kappa shape index (κ1) is 24.4. The van der Waals surface area contributed by atoms with Crippen molar-refractivity contribution >= 4 is 28.4 Å². The summed E-state index contributed by atoms with van der Waals surface area (Å²) in [5, 5.41) is 7.14. The van der Waals surface area contributed by atoms with Crippen molar-refractivity contribution in [1.29, 1.82) is 0 Å². The van der Waals surface area contributed by atoms with Crippen LogP contribution in [0.2, 0.25) is 0 Å². The molecule has 8 heteroatoms. The zero-order valence-corrected chi connectivity index (χ0v) is 19.5. The van der Waals surface area contributed by atoms with Gasteiger partial charge in [-0.15, -0.1) is 0 Å². The van der Waals surface area contributed by atoms with Gasteiger partial charge in [-0.25, -0.2) is 0 Å². The van der Waals surface area contributed by atoms with Crippen LogP contribution < -0.4 is 11.1 Å². The number of nitrogens with one attached hydrogen (secondary N) is 1. The molecule has 30 heavy (non-hydrogen) atoms. The summed E-state index contributed by atoms with van der Waals surface area (Å²) < 4.78 is 4.86. The normalized spacial score (nSPS) is 19.5. The van der Waals surface area contributed by atoms with E-state index in [9.17, 15) is 4.79 Å². The molecule has 1 aromatic heterocycles. The lowest BCUT2D eigenvalue weighted by atomic mass is 9.91. The second kappa shape index (κ2) is 11.5. The average Bonchev–Trinajstić information content (AvgIpc) is 3.23. The third kappa shape index (κ3) is 8.11. The van der Waals surface area contributed by atoms with E-state index in [1.165, 1.54) is 19.1 Å². The number of nitrogens with two attached hydrogens (primary N) is 1. The molecular formula is C22H36ClN5O2. The van der Waals surface area contributed by atoms with Gasteiger partial charge in [0.2, 0.25) is 5.91 Å². The minimum atomic E-state index is -0.118. The number of aromatic nitrogens is 1. The molecule has 0 saturated carbocycles. The molecule has 0 aliphatic carbocycles. The van der Waals surface area contributed by atoms with Crippen LogP contribution in [0.15, 0.2) is 27.4 Å². The van der Waals surface area contributed by atoms with Gasteiger partial charge in [0, 0.05) is 31.3 Å². The molecule has 1 aliphatic rings. The predicted molar refractivity (Wildman–Crippen MR) is 122 cm³/mol. The van der Waals surface area contributed by atoms with E-state index in [0.717, 1.165) is 26.1 Å². The molecule has 1 amide bonds. The van der Waals surface area contributed by atoms with Gasteiger partial charge in [0.1, 0.15) is 17.1 Å². The lowest BCUT2D eigenvalue weighted by Crippen LogP contribution is -2.42. The number of amides is 1. The van der Waals surface area contributed by atoms with E-state index >= 15 is 0 Å². The minimum absolute atomic E-state index is 0.0570. The van der Waals surface area contributed by atoms with Crippen molar-refractivity contribution < 1.29 is 9.32 Å². The summed E-state index contributed by atoms with van der Waals surface area (Å²) in [6.45, 7) is 13.1. The fourth-order valence-electron chi connectivity index (χ4n) is 3.52. The van der Waals surface area contributed by atoms with E-state index in [-0.39, 0.29) is 17.5 Å². The molecule has 0 bridgehead atoms. The Bertz CT molecular complexity index is 737. The maximum atomic E-state index is 12.6. The van der Waals surface area contributed by atoms with Gasteiger partial charge in [0.05, 0.1) is 12.1 Å². The summed E-state index contributed by atoms with van der Waals surface area (Å²) >= 11 is 6.31. The predicted octanol–water partition coefficient (Wildman–Crippen LogP) is 3.66. The Labute approximate surface area is 185 Å². The van der Waals surface area contributed by atoms with Crippen LogP contribution in [0.5, 0.6) is 0 Å². The van der Waals surface area contributed by atoms with Crippen LogP contribution in [0, 0.1) is 11.3 Å². The van der Waals surface area contributed by atoms with E-state index in [4.69, 9.17) is 21.9 Å². The standard InChI is InChI=1S/C22H36ClN5O2/c1-5-25-21(23)17(20(24)18-8-12-30-27-18)13-19(29)26-14-16-7-6-10-28(15-16)11-9-22(2,3)4/h8,12,16H,5-7,9-11,13-15,24H2,1-4H3,(H,26,29)/b20-17-,25-21?. The fourth-order valence-corrected chi connectivity index (χ4v) is 3.80. The molecule has 0 spiro atoms. The fraction of sp³-hybridized carbons (Fsp3) is 0.682. The first-order valence-corrected chi connectivity index (χ1v) is 11.2. The summed E-state index contributed by atoms with van der Waals surface area (Å²) in [5.41, 5.74) is 7.77. The number of hydrogen-bond acceptors (Lipinski definition) is 6. The highest BCUT2D eigenvalue weighted by Crippen LogP contribution is 2.22. The third-order valence-corrected chi connectivity index (χ3v) is 5.64. The molecule has 0 aromatic carbocycles. The molecule has 1 unspecified atom stereocenters. The van der Waals surface area contributed by atoms with Gasteiger partial charge in [0.25, 0.3) is 0 Å². The Morgan fingerprint density at radius 3 is 2.87 bits per heavy atom. The maximum Gasteiger partial charge on any atom is 0.224 e. The molecule has 2 heterocycles. The van der Waals surface area contributed by atoms with E-state index in [1.807, 2.05) is 6.92 Å². The Morgan fingerprint density at radius 2 is 2.23 bits per heavy atom. The van der Waals surface area contributed by atoms with Gasteiger partial charge in [-0.05, 0) is 50.6 Å². The largest absolute Gasteiger partial charge is 0.397 e. The van der Waals surface area contributed by atoms with Crippen molar-refractivity contribution in [3.8, 4) is 0 Å². The highest BCUT2D eigenvalue weighted by molar-refractivity contribution is 6.70. The molecule has 1 atom stereocenters. The van der Waals surface area contributed by atoms with Crippen molar-refractivity contribution in [2.24, 2.45) is 22.1 Å².